The lowest BCUT2D eigenvalue weighted by molar-refractivity contribution is -0.137. The van der Waals surface area contributed by atoms with Gasteiger partial charge in [0.25, 0.3) is 5.91 Å². The van der Waals surface area contributed by atoms with Crippen LogP contribution in [-0.2, 0) is 22.3 Å². The number of hydrogen-bond acceptors (Lipinski definition) is 5. The molecule has 0 saturated carbocycles. The Morgan fingerprint density at radius 3 is 2.66 bits per heavy atom. The molecule has 4 rings (SSSR count). The Labute approximate surface area is 185 Å². The molecule has 1 saturated heterocycles. The van der Waals surface area contributed by atoms with Crippen molar-refractivity contribution in [2.45, 2.75) is 12.8 Å². The van der Waals surface area contributed by atoms with E-state index >= 15 is 0 Å². The van der Waals surface area contributed by atoms with E-state index < -0.39 is 23.5 Å². The molecule has 0 unspecified atom stereocenters. The quantitative estimate of drug-likeness (QED) is 0.517. The minimum Gasteiger partial charge on any atom is -0.380 e. The first-order valence-corrected chi connectivity index (χ1v) is 10.7. The number of halogens is 4. The second kappa shape index (κ2) is 9.05. The van der Waals surface area contributed by atoms with Crippen molar-refractivity contribution in [3.05, 3.63) is 58.2 Å². The van der Waals surface area contributed by atoms with Crippen molar-refractivity contribution < 1.29 is 31.8 Å². The summed E-state index contributed by atoms with van der Waals surface area (Å²) in [6.07, 6.45) is -4.56. The summed E-state index contributed by atoms with van der Waals surface area (Å²) in [6, 6.07) is 7.78. The van der Waals surface area contributed by atoms with Crippen LogP contribution in [0.5, 0.6) is 0 Å². The molecule has 0 bridgehead atoms. The number of hydrogen-bond donors (Lipinski definition) is 1. The molecule has 1 aliphatic rings. The van der Waals surface area contributed by atoms with Crippen molar-refractivity contribution in [1.29, 1.82) is 0 Å². The van der Waals surface area contributed by atoms with Gasteiger partial charge in [-0.25, -0.2) is 4.39 Å². The highest BCUT2D eigenvalue weighted by Crippen LogP contribution is 2.38. The van der Waals surface area contributed by atoms with Gasteiger partial charge in [0.15, 0.2) is 0 Å². The number of alkyl halides is 3. The highest BCUT2D eigenvalue weighted by atomic mass is 32.1. The molecule has 1 aromatic heterocycles. The fourth-order valence-corrected chi connectivity index (χ4v) is 4.82. The summed E-state index contributed by atoms with van der Waals surface area (Å²) in [6.45, 7) is 1.82. The minimum atomic E-state index is -4.56. The molecular weight excluding hydrogens is 448 g/mol. The van der Waals surface area contributed by atoms with E-state index in [1.165, 1.54) is 25.3 Å². The number of amides is 1. The van der Waals surface area contributed by atoms with Gasteiger partial charge >= 0.3 is 6.18 Å². The van der Waals surface area contributed by atoms with Gasteiger partial charge in [-0.15, -0.1) is 11.3 Å². The SMILES string of the molecule is COCc1c(C(=O)Nc2cc(C(F)(F)F)ccc2N2CCOCC2)sc2cccc(F)c12. The van der Waals surface area contributed by atoms with E-state index in [1.807, 2.05) is 4.90 Å². The highest BCUT2D eigenvalue weighted by molar-refractivity contribution is 7.21. The Kier molecular flexibility index (Phi) is 6.36. The second-order valence-corrected chi connectivity index (χ2v) is 8.29. The number of rotatable bonds is 5. The van der Waals surface area contributed by atoms with E-state index in [-0.39, 0.29) is 22.6 Å². The van der Waals surface area contributed by atoms with Gasteiger partial charge in [0.1, 0.15) is 5.82 Å². The molecule has 1 aliphatic heterocycles. The van der Waals surface area contributed by atoms with Crippen LogP contribution in [0.2, 0.25) is 0 Å². The molecule has 10 heteroatoms. The third-order valence-electron chi connectivity index (χ3n) is 5.18. The van der Waals surface area contributed by atoms with Crippen LogP contribution in [-0.4, -0.2) is 39.3 Å². The maximum atomic E-state index is 14.4. The molecule has 0 atom stereocenters. The van der Waals surface area contributed by atoms with Crippen LogP contribution >= 0.6 is 11.3 Å². The average Bonchev–Trinajstić information content (AvgIpc) is 3.14. The smallest absolute Gasteiger partial charge is 0.380 e. The Morgan fingerprint density at radius 2 is 1.97 bits per heavy atom. The average molecular weight is 468 g/mol. The number of carbonyl (C=O) groups is 1. The number of benzene rings is 2. The topological polar surface area (TPSA) is 50.8 Å². The van der Waals surface area contributed by atoms with Gasteiger partial charge in [-0.1, -0.05) is 6.07 Å². The molecule has 2 aromatic carbocycles. The van der Waals surface area contributed by atoms with E-state index in [2.05, 4.69) is 5.32 Å². The second-order valence-electron chi connectivity index (χ2n) is 7.24. The fourth-order valence-electron chi connectivity index (χ4n) is 3.70. The van der Waals surface area contributed by atoms with Gasteiger partial charge < -0.3 is 19.7 Å². The maximum absolute atomic E-state index is 14.4. The van der Waals surface area contributed by atoms with Gasteiger partial charge in [0, 0.05) is 35.8 Å². The van der Waals surface area contributed by atoms with Gasteiger partial charge in [0.05, 0.1) is 41.6 Å². The van der Waals surface area contributed by atoms with Crippen LogP contribution in [0.25, 0.3) is 10.1 Å². The summed E-state index contributed by atoms with van der Waals surface area (Å²) in [7, 11) is 1.43. The van der Waals surface area contributed by atoms with Gasteiger partial charge in [0.2, 0.25) is 0 Å². The van der Waals surface area contributed by atoms with E-state index in [1.54, 1.807) is 6.07 Å². The van der Waals surface area contributed by atoms with Crippen molar-refractivity contribution in [1.82, 2.24) is 0 Å². The zero-order valence-electron chi connectivity index (χ0n) is 17.1. The molecule has 0 radical (unpaired) electrons. The molecule has 32 heavy (non-hydrogen) atoms. The molecule has 1 fully saturated rings. The maximum Gasteiger partial charge on any atom is 0.416 e. The standard InChI is InChI=1S/C22H20F4N2O3S/c1-30-12-14-19-15(23)3-2-4-18(19)32-20(14)21(29)27-16-11-13(22(24,25)26)5-6-17(16)28-7-9-31-10-8-28/h2-6,11H,7-10,12H2,1H3,(H,27,29). The summed E-state index contributed by atoms with van der Waals surface area (Å²) >= 11 is 1.07. The number of methoxy groups -OCH3 is 1. The number of nitrogens with one attached hydrogen (secondary N) is 1. The van der Waals surface area contributed by atoms with Gasteiger partial charge in [-0.05, 0) is 30.3 Å². The molecule has 2 heterocycles. The number of fused-ring (bicyclic) bond motifs is 1. The molecule has 5 nitrogen and oxygen atoms in total. The van der Waals surface area contributed by atoms with Crippen LogP contribution in [0.1, 0.15) is 20.8 Å². The lowest BCUT2D eigenvalue weighted by Gasteiger charge is -2.31. The third-order valence-corrected chi connectivity index (χ3v) is 6.38. The van der Waals surface area contributed by atoms with E-state index in [4.69, 9.17) is 9.47 Å². The number of thiophene rings is 1. The Balaban J connectivity index is 1.75. The third kappa shape index (κ3) is 4.43. The minimum absolute atomic E-state index is 0.0113. The first-order chi connectivity index (χ1) is 15.3. The van der Waals surface area contributed by atoms with Crippen molar-refractivity contribution >= 4 is 38.7 Å². The largest absolute Gasteiger partial charge is 0.416 e. The number of ether oxygens (including phenoxy) is 2. The first kappa shape index (κ1) is 22.5. The summed E-state index contributed by atoms with van der Waals surface area (Å²) in [5, 5.41) is 2.91. The normalized spacial score (nSPS) is 14.7. The van der Waals surface area contributed by atoms with E-state index in [9.17, 15) is 22.4 Å². The summed E-state index contributed by atoms with van der Waals surface area (Å²) in [5.41, 5.74) is -0.00411. The number of nitrogens with zero attached hydrogens (tertiary/aromatic N) is 1. The van der Waals surface area contributed by atoms with Crippen LogP contribution in [0.3, 0.4) is 0 Å². The van der Waals surface area contributed by atoms with Gasteiger partial charge in [-0.3, -0.25) is 4.79 Å². The lowest BCUT2D eigenvalue weighted by atomic mass is 10.1. The lowest BCUT2D eigenvalue weighted by Crippen LogP contribution is -2.36. The Bertz CT molecular complexity index is 1140. The molecule has 0 spiro atoms. The fraction of sp³-hybridized carbons (Fsp3) is 0.318. The zero-order chi connectivity index (χ0) is 22.9. The van der Waals surface area contributed by atoms with Gasteiger partial charge in [-0.2, -0.15) is 13.2 Å². The van der Waals surface area contributed by atoms with Crippen LogP contribution < -0.4 is 10.2 Å². The Morgan fingerprint density at radius 1 is 1.22 bits per heavy atom. The van der Waals surface area contributed by atoms with Crippen molar-refractivity contribution in [3.63, 3.8) is 0 Å². The molecule has 1 N–H and O–H groups in total. The van der Waals surface area contributed by atoms with Crippen LogP contribution in [0.4, 0.5) is 28.9 Å². The van der Waals surface area contributed by atoms with E-state index in [0.29, 0.717) is 42.3 Å². The number of morpholine rings is 1. The Hall–Kier alpha value is -2.69. The van der Waals surface area contributed by atoms with E-state index in [0.717, 1.165) is 23.5 Å². The molecule has 3 aromatic rings. The predicted molar refractivity (Wildman–Crippen MR) is 115 cm³/mol. The van der Waals surface area contributed by atoms with Crippen molar-refractivity contribution in [2.75, 3.05) is 43.6 Å². The summed E-state index contributed by atoms with van der Waals surface area (Å²) in [5.74, 6) is -1.11. The van der Waals surface area contributed by atoms with Crippen LogP contribution in [0.15, 0.2) is 36.4 Å². The monoisotopic (exact) mass is 468 g/mol. The van der Waals surface area contributed by atoms with Crippen molar-refractivity contribution in [2.24, 2.45) is 0 Å². The number of carbonyl (C=O) groups excluding carboxylic acids is 1. The number of anilines is 2. The van der Waals surface area contributed by atoms with Crippen molar-refractivity contribution in [3.8, 4) is 0 Å². The molecule has 1 amide bonds. The first-order valence-electron chi connectivity index (χ1n) is 9.83. The molecule has 0 aliphatic carbocycles. The molecule has 170 valence electrons. The predicted octanol–water partition coefficient (Wildman–Crippen LogP) is 5.29. The summed E-state index contributed by atoms with van der Waals surface area (Å²) in [4.78, 5) is 15.2. The highest BCUT2D eigenvalue weighted by Gasteiger charge is 2.32. The molecular formula is C22H20F4N2O3S. The summed E-state index contributed by atoms with van der Waals surface area (Å²) < 4.78 is 65.5. The van der Waals surface area contributed by atoms with Crippen LogP contribution in [0, 0.1) is 5.82 Å². The zero-order valence-corrected chi connectivity index (χ0v) is 17.9.